The zero-order valence-electron chi connectivity index (χ0n) is 11.1. The molecule has 0 spiro atoms. The number of hydrogen-bond acceptors (Lipinski definition) is 4. The SMILES string of the molecule is CC(C)CCCc1cc(=O)oc2c1C(=O)NC(=O)C2. The lowest BCUT2D eigenvalue weighted by atomic mass is 9.96. The van der Waals surface area contributed by atoms with E-state index < -0.39 is 17.4 Å². The number of aryl methyl sites for hydroxylation is 1. The van der Waals surface area contributed by atoms with Gasteiger partial charge in [-0.1, -0.05) is 20.3 Å². The maximum absolute atomic E-state index is 11.8. The predicted octanol–water partition coefficient (Wildman–Crippen LogP) is 1.43. The van der Waals surface area contributed by atoms with Crippen molar-refractivity contribution < 1.29 is 14.0 Å². The Morgan fingerprint density at radius 3 is 2.74 bits per heavy atom. The topological polar surface area (TPSA) is 76.4 Å². The van der Waals surface area contributed by atoms with Gasteiger partial charge in [0.05, 0.1) is 12.0 Å². The molecule has 2 rings (SSSR count). The lowest BCUT2D eigenvalue weighted by molar-refractivity contribution is -0.120. The third kappa shape index (κ3) is 3.10. The summed E-state index contributed by atoms with van der Waals surface area (Å²) >= 11 is 0. The molecule has 19 heavy (non-hydrogen) atoms. The molecule has 0 unspecified atom stereocenters. The number of amides is 2. The minimum atomic E-state index is -0.499. The van der Waals surface area contributed by atoms with Crippen molar-refractivity contribution in [2.75, 3.05) is 0 Å². The van der Waals surface area contributed by atoms with E-state index in [0.717, 1.165) is 12.8 Å². The lowest BCUT2D eigenvalue weighted by Gasteiger charge is -2.16. The highest BCUT2D eigenvalue weighted by molar-refractivity contribution is 6.09. The second-order valence-electron chi connectivity index (χ2n) is 5.23. The summed E-state index contributed by atoms with van der Waals surface area (Å²) in [4.78, 5) is 34.6. The number of rotatable bonds is 4. The second kappa shape index (κ2) is 5.38. The Kier molecular flexibility index (Phi) is 3.83. The molecule has 0 radical (unpaired) electrons. The molecule has 1 aliphatic rings. The highest BCUT2D eigenvalue weighted by Gasteiger charge is 2.27. The van der Waals surface area contributed by atoms with Crippen LogP contribution in [0.2, 0.25) is 0 Å². The molecule has 5 heteroatoms. The van der Waals surface area contributed by atoms with Crippen molar-refractivity contribution in [1.29, 1.82) is 0 Å². The molecule has 0 aromatic carbocycles. The van der Waals surface area contributed by atoms with E-state index >= 15 is 0 Å². The van der Waals surface area contributed by atoms with Crippen LogP contribution in [0.4, 0.5) is 0 Å². The first-order valence-electron chi connectivity index (χ1n) is 6.47. The third-order valence-corrected chi connectivity index (χ3v) is 3.14. The van der Waals surface area contributed by atoms with Crippen molar-refractivity contribution in [2.45, 2.75) is 39.5 Å². The standard InChI is InChI=1S/C14H17NO4/c1-8(2)4-3-5-9-6-12(17)19-10-7-11(16)15-14(18)13(9)10/h6,8H,3-5,7H2,1-2H3,(H,15,16,18). The Hall–Kier alpha value is -1.91. The summed E-state index contributed by atoms with van der Waals surface area (Å²) in [6, 6.07) is 1.36. The van der Waals surface area contributed by atoms with E-state index in [9.17, 15) is 14.4 Å². The van der Waals surface area contributed by atoms with E-state index in [-0.39, 0.29) is 12.2 Å². The van der Waals surface area contributed by atoms with E-state index in [2.05, 4.69) is 19.2 Å². The Morgan fingerprint density at radius 1 is 1.32 bits per heavy atom. The minimum absolute atomic E-state index is 0.0473. The van der Waals surface area contributed by atoms with Gasteiger partial charge in [-0.15, -0.1) is 0 Å². The van der Waals surface area contributed by atoms with Crippen molar-refractivity contribution in [3.05, 3.63) is 33.4 Å². The number of nitrogens with one attached hydrogen (secondary N) is 1. The molecule has 1 N–H and O–H groups in total. The summed E-state index contributed by atoms with van der Waals surface area (Å²) in [6.07, 6.45) is 2.52. The van der Waals surface area contributed by atoms with Crippen LogP contribution >= 0.6 is 0 Å². The summed E-state index contributed by atoms with van der Waals surface area (Å²) in [6.45, 7) is 4.25. The Balaban J connectivity index is 2.31. The van der Waals surface area contributed by atoms with Gasteiger partial charge in [-0.25, -0.2) is 4.79 Å². The van der Waals surface area contributed by atoms with Crippen LogP contribution in [0.1, 0.15) is 48.4 Å². The molecule has 0 atom stereocenters. The van der Waals surface area contributed by atoms with E-state index in [0.29, 0.717) is 23.5 Å². The number of imide groups is 1. The molecule has 1 aromatic heterocycles. The van der Waals surface area contributed by atoms with Gasteiger partial charge in [0.1, 0.15) is 5.76 Å². The number of carbonyl (C=O) groups excluding carboxylic acids is 2. The fourth-order valence-electron chi connectivity index (χ4n) is 2.27. The third-order valence-electron chi connectivity index (χ3n) is 3.14. The zero-order valence-corrected chi connectivity index (χ0v) is 11.1. The van der Waals surface area contributed by atoms with E-state index in [1.807, 2.05) is 0 Å². The first-order valence-corrected chi connectivity index (χ1v) is 6.47. The fourth-order valence-corrected chi connectivity index (χ4v) is 2.27. The molecule has 1 aromatic rings. The minimum Gasteiger partial charge on any atom is -0.426 e. The Bertz CT molecular complexity index is 571. The molecule has 1 aliphatic heterocycles. The van der Waals surface area contributed by atoms with Gasteiger partial charge in [0.25, 0.3) is 5.91 Å². The van der Waals surface area contributed by atoms with Crippen LogP contribution in [-0.2, 0) is 17.6 Å². The Morgan fingerprint density at radius 2 is 2.05 bits per heavy atom. The molecular weight excluding hydrogens is 246 g/mol. The quantitative estimate of drug-likeness (QED) is 0.834. The average molecular weight is 263 g/mol. The van der Waals surface area contributed by atoms with Crippen LogP contribution in [0.3, 0.4) is 0 Å². The predicted molar refractivity (Wildman–Crippen MR) is 68.9 cm³/mol. The number of hydrogen-bond donors (Lipinski definition) is 1. The summed E-state index contributed by atoms with van der Waals surface area (Å²) in [7, 11) is 0. The maximum Gasteiger partial charge on any atom is 0.336 e. The van der Waals surface area contributed by atoms with Crippen LogP contribution in [0, 0.1) is 5.92 Å². The first-order chi connectivity index (χ1) is 8.97. The molecule has 0 bridgehead atoms. The summed E-state index contributed by atoms with van der Waals surface area (Å²) < 4.78 is 4.97. The van der Waals surface area contributed by atoms with Crippen LogP contribution in [0.25, 0.3) is 0 Å². The van der Waals surface area contributed by atoms with Crippen molar-refractivity contribution in [3.63, 3.8) is 0 Å². The van der Waals surface area contributed by atoms with E-state index in [1.165, 1.54) is 6.07 Å². The highest BCUT2D eigenvalue weighted by Crippen LogP contribution is 2.19. The molecule has 0 aliphatic carbocycles. The molecule has 0 fully saturated rings. The van der Waals surface area contributed by atoms with Crippen LogP contribution in [0.15, 0.2) is 15.3 Å². The van der Waals surface area contributed by atoms with Gasteiger partial charge >= 0.3 is 5.63 Å². The molecule has 102 valence electrons. The summed E-state index contributed by atoms with van der Waals surface area (Å²) in [5.74, 6) is -0.123. The van der Waals surface area contributed by atoms with Gasteiger partial charge < -0.3 is 4.42 Å². The van der Waals surface area contributed by atoms with Gasteiger partial charge in [-0.2, -0.15) is 0 Å². The van der Waals surface area contributed by atoms with Crippen molar-refractivity contribution in [2.24, 2.45) is 5.92 Å². The van der Waals surface area contributed by atoms with Crippen molar-refractivity contribution in [1.82, 2.24) is 5.32 Å². The van der Waals surface area contributed by atoms with Crippen LogP contribution in [-0.4, -0.2) is 11.8 Å². The fraction of sp³-hybridized carbons (Fsp3) is 0.500. The first kappa shape index (κ1) is 13.5. The summed E-state index contributed by atoms with van der Waals surface area (Å²) in [5, 5.41) is 2.25. The van der Waals surface area contributed by atoms with E-state index in [4.69, 9.17) is 4.42 Å². The normalized spacial score (nSPS) is 14.5. The monoisotopic (exact) mass is 263 g/mol. The zero-order chi connectivity index (χ0) is 14.0. The van der Waals surface area contributed by atoms with Gasteiger partial charge in [-0.05, 0) is 24.3 Å². The second-order valence-corrected chi connectivity index (χ2v) is 5.23. The summed E-state index contributed by atoms with van der Waals surface area (Å²) in [5.41, 5.74) is 0.542. The number of fused-ring (bicyclic) bond motifs is 1. The highest BCUT2D eigenvalue weighted by atomic mass is 16.4. The van der Waals surface area contributed by atoms with Gasteiger partial charge in [0.15, 0.2) is 0 Å². The number of carbonyl (C=O) groups is 2. The van der Waals surface area contributed by atoms with Gasteiger partial charge in [-0.3, -0.25) is 14.9 Å². The molecule has 0 saturated heterocycles. The smallest absolute Gasteiger partial charge is 0.336 e. The maximum atomic E-state index is 11.8. The molecule has 5 nitrogen and oxygen atoms in total. The molecule has 0 saturated carbocycles. The molecule has 2 heterocycles. The van der Waals surface area contributed by atoms with Crippen LogP contribution in [0.5, 0.6) is 0 Å². The van der Waals surface area contributed by atoms with Gasteiger partial charge in [0, 0.05) is 6.07 Å². The largest absolute Gasteiger partial charge is 0.426 e. The van der Waals surface area contributed by atoms with Crippen molar-refractivity contribution >= 4 is 11.8 Å². The Labute approximate surface area is 111 Å². The molecule has 2 amide bonds. The van der Waals surface area contributed by atoms with Crippen molar-refractivity contribution in [3.8, 4) is 0 Å². The van der Waals surface area contributed by atoms with Crippen LogP contribution < -0.4 is 10.9 Å². The van der Waals surface area contributed by atoms with E-state index in [1.54, 1.807) is 0 Å². The van der Waals surface area contributed by atoms with Gasteiger partial charge in [0.2, 0.25) is 5.91 Å². The average Bonchev–Trinajstić information content (AvgIpc) is 2.26. The lowest BCUT2D eigenvalue weighted by Crippen LogP contribution is -2.38. The molecular formula is C14H17NO4.